The number of unbranched alkanes of at least 4 members (excludes halogenated alkanes) is 43. The normalized spacial score (nSPS) is 11.9. The average Bonchev–Trinajstić information content (AvgIpc) is 3.29. The summed E-state index contributed by atoms with van der Waals surface area (Å²) in [6, 6.07) is 0. The Morgan fingerprint density at radius 1 is 0.250 bits per heavy atom. The number of hydrogen-bond donors (Lipinski definition) is 0. The monoisotopic (exact) mass is 905 g/mol. The van der Waals surface area contributed by atoms with E-state index >= 15 is 0 Å². The van der Waals surface area contributed by atoms with Crippen LogP contribution in [0, 0.1) is 0 Å². The van der Waals surface area contributed by atoms with Gasteiger partial charge in [-0.25, -0.2) is 0 Å². The summed E-state index contributed by atoms with van der Waals surface area (Å²) in [6.45, 7) is 6.58. The summed E-state index contributed by atoms with van der Waals surface area (Å²) < 4.78 is 16.6. The summed E-state index contributed by atoms with van der Waals surface area (Å²) in [4.78, 5) is 37.5. The van der Waals surface area contributed by atoms with E-state index in [4.69, 9.17) is 14.2 Å². The van der Waals surface area contributed by atoms with Crippen LogP contribution in [0.1, 0.15) is 335 Å². The van der Waals surface area contributed by atoms with Gasteiger partial charge in [0, 0.05) is 19.3 Å². The zero-order valence-electron chi connectivity index (χ0n) is 43.6. The Balaban J connectivity index is 3.73. The maximum absolute atomic E-state index is 12.6. The molecule has 0 heterocycles. The molecule has 64 heavy (non-hydrogen) atoms. The smallest absolute Gasteiger partial charge is 0.306 e. The van der Waals surface area contributed by atoms with Gasteiger partial charge in [-0.05, 0) is 19.3 Å². The number of carbonyl (C=O) groups excluding carboxylic acids is 3. The van der Waals surface area contributed by atoms with Crippen molar-refractivity contribution in [3.05, 3.63) is 0 Å². The molecular weight excluding hydrogens is 793 g/mol. The quantitative estimate of drug-likeness (QED) is 0.0344. The molecule has 380 valence electrons. The zero-order valence-corrected chi connectivity index (χ0v) is 43.6. The number of rotatable bonds is 54. The molecule has 6 nitrogen and oxygen atoms in total. The molecular formula is C58H112O6. The van der Waals surface area contributed by atoms with Gasteiger partial charge in [-0.1, -0.05) is 297 Å². The van der Waals surface area contributed by atoms with Crippen LogP contribution in [-0.2, 0) is 28.6 Å². The highest BCUT2D eigenvalue weighted by Gasteiger charge is 2.19. The molecule has 0 aromatic carbocycles. The highest BCUT2D eigenvalue weighted by Crippen LogP contribution is 2.18. The standard InChI is InChI=1S/C58H112O6/c1-4-7-10-13-16-17-18-19-20-21-22-23-24-25-26-27-28-29-30-31-32-33-34-35-36-37-38-39-40-41-43-45-48-51-57(60)63-54-55(53-62-56(59)50-47-44-15-12-9-6-3)64-58(61)52-49-46-42-14-11-8-5-2/h55H,4-54H2,1-3H3. The lowest BCUT2D eigenvalue weighted by Gasteiger charge is -2.18. The number of carbonyl (C=O) groups is 3. The average molecular weight is 906 g/mol. The Labute approximate surface area is 399 Å². The van der Waals surface area contributed by atoms with Crippen LogP contribution >= 0.6 is 0 Å². The van der Waals surface area contributed by atoms with Crippen molar-refractivity contribution in [3.8, 4) is 0 Å². The highest BCUT2D eigenvalue weighted by atomic mass is 16.6. The second-order valence-electron chi connectivity index (χ2n) is 19.9. The molecule has 0 aromatic rings. The van der Waals surface area contributed by atoms with Crippen LogP contribution in [-0.4, -0.2) is 37.2 Å². The van der Waals surface area contributed by atoms with Gasteiger partial charge in [0.25, 0.3) is 0 Å². The molecule has 0 radical (unpaired) electrons. The Morgan fingerprint density at radius 2 is 0.422 bits per heavy atom. The van der Waals surface area contributed by atoms with Crippen molar-refractivity contribution in [3.63, 3.8) is 0 Å². The summed E-state index contributed by atoms with van der Waals surface area (Å²) in [7, 11) is 0. The zero-order chi connectivity index (χ0) is 46.5. The molecule has 0 aromatic heterocycles. The fourth-order valence-corrected chi connectivity index (χ4v) is 8.98. The lowest BCUT2D eigenvalue weighted by molar-refractivity contribution is -0.167. The number of ether oxygens (including phenoxy) is 3. The van der Waals surface area contributed by atoms with Crippen LogP contribution < -0.4 is 0 Å². The molecule has 0 saturated carbocycles. The van der Waals surface area contributed by atoms with Crippen molar-refractivity contribution in [2.45, 2.75) is 341 Å². The molecule has 0 bridgehead atoms. The van der Waals surface area contributed by atoms with Crippen molar-refractivity contribution >= 4 is 17.9 Å². The van der Waals surface area contributed by atoms with Crippen LogP contribution in [0.4, 0.5) is 0 Å². The molecule has 0 fully saturated rings. The van der Waals surface area contributed by atoms with E-state index in [-0.39, 0.29) is 31.1 Å². The van der Waals surface area contributed by atoms with E-state index in [0.717, 1.165) is 57.8 Å². The fourth-order valence-electron chi connectivity index (χ4n) is 8.98. The third-order valence-electron chi connectivity index (χ3n) is 13.4. The Bertz CT molecular complexity index is 951. The van der Waals surface area contributed by atoms with Gasteiger partial charge < -0.3 is 14.2 Å². The third kappa shape index (κ3) is 51.4. The van der Waals surface area contributed by atoms with Gasteiger partial charge in [0.1, 0.15) is 13.2 Å². The minimum atomic E-state index is -0.757. The first-order valence-corrected chi connectivity index (χ1v) is 29.0. The predicted molar refractivity (Wildman–Crippen MR) is 275 cm³/mol. The summed E-state index contributed by atoms with van der Waals surface area (Å²) in [5, 5.41) is 0. The second-order valence-corrected chi connectivity index (χ2v) is 19.9. The lowest BCUT2D eigenvalue weighted by atomic mass is 10.0. The topological polar surface area (TPSA) is 78.9 Å². The van der Waals surface area contributed by atoms with Crippen LogP contribution in [0.15, 0.2) is 0 Å². The van der Waals surface area contributed by atoms with Crippen LogP contribution in [0.25, 0.3) is 0 Å². The van der Waals surface area contributed by atoms with Crippen molar-refractivity contribution < 1.29 is 28.6 Å². The van der Waals surface area contributed by atoms with Crippen LogP contribution in [0.2, 0.25) is 0 Å². The summed E-state index contributed by atoms with van der Waals surface area (Å²) in [5.74, 6) is -0.864. The van der Waals surface area contributed by atoms with Crippen molar-refractivity contribution in [2.75, 3.05) is 13.2 Å². The number of esters is 3. The SMILES string of the molecule is CCCCCCCCCCCCCCCCCCCCCCCCCCCCCCCCCCCC(=O)OCC(COC(=O)CCCCCCCC)OC(=O)CCCCCCCCC. The molecule has 0 saturated heterocycles. The summed E-state index contributed by atoms with van der Waals surface area (Å²) in [5.41, 5.74) is 0. The molecule has 0 aliphatic heterocycles. The van der Waals surface area contributed by atoms with Gasteiger partial charge in [0.15, 0.2) is 6.10 Å². The highest BCUT2D eigenvalue weighted by molar-refractivity contribution is 5.71. The van der Waals surface area contributed by atoms with Gasteiger partial charge in [-0.3, -0.25) is 14.4 Å². The van der Waals surface area contributed by atoms with Crippen LogP contribution in [0.3, 0.4) is 0 Å². The van der Waals surface area contributed by atoms with Crippen molar-refractivity contribution in [1.29, 1.82) is 0 Å². The third-order valence-corrected chi connectivity index (χ3v) is 13.4. The molecule has 0 N–H and O–H groups in total. The van der Waals surface area contributed by atoms with Crippen LogP contribution in [0.5, 0.6) is 0 Å². The Morgan fingerprint density at radius 3 is 0.625 bits per heavy atom. The van der Waals surface area contributed by atoms with Crippen molar-refractivity contribution in [1.82, 2.24) is 0 Å². The van der Waals surface area contributed by atoms with E-state index < -0.39 is 6.10 Å². The van der Waals surface area contributed by atoms with Gasteiger partial charge in [-0.2, -0.15) is 0 Å². The van der Waals surface area contributed by atoms with E-state index in [1.165, 1.54) is 238 Å². The minimum absolute atomic E-state index is 0.0639. The fraction of sp³-hybridized carbons (Fsp3) is 0.948. The first-order valence-electron chi connectivity index (χ1n) is 29.0. The maximum Gasteiger partial charge on any atom is 0.306 e. The first kappa shape index (κ1) is 62.4. The molecule has 1 atom stereocenters. The molecule has 0 aliphatic carbocycles. The Hall–Kier alpha value is -1.59. The van der Waals surface area contributed by atoms with E-state index in [0.29, 0.717) is 19.3 Å². The van der Waals surface area contributed by atoms with Gasteiger partial charge in [0.2, 0.25) is 0 Å². The van der Waals surface area contributed by atoms with E-state index in [1.54, 1.807) is 0 Å². The predicted octanol–water partition coefficient (Wildman–Crippen LogP) is 19.2. The molecule has 0 rings (SSSR count). The minimum Gasteiger partial charge on any atom is -0.462 e. The van der Waals surface area contributed by atoms with Crippen molar-refractivity contribution in [2.24, 2.45) is 0 Å². The summed E-state index contributed by atoms with van der Waals surface area (Å²) >= 11 is 0. The number of hydrogen-bond acceptors (Lipinski definition) is 6. The van der Waals surface area contributed by atoms with Gasteiger partial charge in [0.05, 0.1) is 0 Å². The second kappa shape index (κ2) is 54.0. The van der Waals surface area contributed by atoms with E-state index in [1.807, 2.05) is 0 Å². The maximum atomic E-state index is 12.6. The first-order chi connectivity index (χ1) is 31.5. The summed E-state index contributed by atoms with van der Waals surface area (Å²) in [6.07, 6.45) is 60.5. The molecule has 0 spiro atoms. The van der Waals surface area contributed by atoms with Gasteiger partial charge >= 0.3 is 17.9 Å². The largest absolute Gasteiger partial charge is 0.462 e. The van der Waals surface area contributed by atoms with E-state index in [2.05, 4.69) is 20.8 Å². The van der Waals surface area contributed by atoms with Gasteiger partial charge in [-0.15, -0.1) is 0 Å². The molecule has 1 unspecified atom stereocenters. The van der Waals surface area contributed by atoms with E-state index in [9.17, 15) is 14.4 Å². The molecule has 6 heteroatoms. The molecule has 0 aliphatic rings. The lowest BCUT2D eigenvalue weighted by Crippen LogP contribution is -2.30. The Kier molecular flexibility index (Phi) is 52.7. The molecule has 0 amide bonds.